The van der Waals surface area contributed by atoms with E-state index in [1.54, 1.807) is 0 Å². The first-order chi connectivity index (χ1) is 6.34. The van der Waals surface area contributed by atoms with Crippen LogP contribution in [-0.4, -0.2) is 11.5 Å². The van der Waals surface area contributed by atoms with E-state index in [0.717, 1.165) is 0 Å². The molecular formula is C9H11PS3. The van der Waals surface area contributed by atoms with Crippen molar-refractivity contribution in [2.45, 2.75) is 11.8 Å². The van der Waals surface area contributed by atoms with Crippen molar-refractivity contribution in [2.75, 3.05) is 11.5 Å². The molecule has 1 aliphatic heterocycles. The van der Waals surface area contributed by atoms with Crippen molar-refractivity contribution in [3.8, 4) is 0 Å². The summed E-state index contributed by atoms with van der Waals surface area (Å²) in [6, 6.07) is 8.87. The Bertz CT molecular complexity index is 267. The van der Waals surface area contributed by atoms with Gasteiger partial charge in [-0.3, -0.25) is 0 Å². The summed E-state index contributed by atoms with van der Waals surface area (Å²) in [7, 11) is 0. The van der Waals surface area contributed by atoms with E-state index in [0.29, 0.717) is 0 Å². The zero-order valence-electron chi connectivity index (χ0n) is 7.40. The van der Waals surface area contributed by atoms with Gasteiger partial charge in [0, 0.05) is 16.4 Å². The summed E-state index contributed by atoms with van der Waals surface area (Å²) in [6.07, 6.45) is 0. The van der Waals surface area contributed by atoms with Crippen molar-refractivity contribution in [3.05, 3.63) is 29.8 Å². The zero-order valence-corrected chi connectivity index (χ0v) is 10.7. The van der Waals surface area contributed by atoms with Crippen LogP contribution in [0, 0.1) is 6.92 Å². The van der Waals surface area contributed by atoms with Gasteiger partial charge >= 0.3 is 0 Å². The fraction of sp³-hybridized carbons (Fsp3) is 0.333. The maximum Gasteiger partial charge on any atom is 0.0778 e. The van der Waals surface area contributed by atoms with Crippen LogP contribution in [0.1, 0.15) is 5.56 Å². The van der Waals surface area contributed by atoms with Crippen molar-refractivity contribution in [2.24, 2.45) is 0 Å². The molecule has 0 aliphatic carbocycles. The van der Waals surface area contributed by atoms with Crippen molar-refractivity contribution >= 4 is 39.7 Å². The lowest BCUT2D eigenvalue weighted by atomic mass is 10.2. The molecule has 1 aliphatic rings. The molecule has 1 fully saturated rings. The fourth-order valence-electron chi connectivity index (χ4n) is 0.999. The predicted octanol–water partition coefficient (Wildman–Crippen LogP) is 4.79. The zero-order chi connectivity index (χ0) is 9.10. The van der Waals surface area contributed by atoms with Gasteiger partial charge in [-0.1, -0.05) is 29.1 Å². The Morgan fingerprint density at radius 1 is 1.15 bits per heavy atom. The molecule has 0 spiro atoms. The SMILES string of the molecule is Cc1ccc(SP2SCCS2)cc1. The van der Waals surface area contributed by atoms with E-state index in [9.17, 15) is 0 Å². The van der Waals surface area contributed by atoms with E-state index < -0.39 is 0 Å². The first-order valence-corrected chi connectivity index (χ1v) is 10.1. The molecule has 0 nitrogen and oxygen atoms in total. The van der Waals surface area contributed by atoms with Crippen LogP contribution in [0.25, 0.3) is 0 Å². The summed E-state index contributed by atoms with van der Waals surface area (Å²) in [5.41, 5.74) is 1.47. The molecule has 1 saturated heterocycles. The normalized spacial score (nSPS) is 17.9. The largest absolute Gasteiger partial charge is 0.111 e. The second-order valence-corrected chi connectivity index (χ2v) is 12.7. The molecule has 1 heterocycles. The third kappa shape index (κ3) is 3.09. The molecule has 1 aromatic carbocycles. The smallest absolute Gasteiger partial charge is 0.0778 e. The Kier molecular flexibility index (Phi) is 3.91. The second-order valence-electron chi connectivity index (χ2n) is 2.79. The summed E-state index contributed by atoms with van der Waals surface area (Å²) < 4.78 is 0. The van der Waals surface area contributed by atoms with Crippen LogP contribution in [0.15, 0.2) is 29.2 Å². The van der Waals surface area contributed by atoms with Crippen LogP contribution in [0.2, 0.25) is 0 Å². The first-order valence-electron chi connectivity index (χ1n) is 4.15. The molecule has 0 saturated carbocycles. The highest BCUT2D eigenvalue weighted by molar-refractivity contribution is 9.13. The summed E-state index contributed by atoms with van der Waals surface area (Å²) in [6.45, 7) is 2.14. The second kappa shape index (κ2) is 4.97. The molecule has 70 valence electrons. The van der Waals surface area contributed by atoms with E-state index in [2.05, 4.69) is 65.3 Å². The Balaban J connectivity index is 1.97. The molecule has 0 atom stereocenters. The quantitative estimate of drug-likeness (QED) is 0.688. The monoisotopic (exact) mass is 246 g/mol. The van der Waals surface area contributed by atoms with Gasteiger partial charge in [0.25, 0.3) is 0 Å². The van der Waals surface area contributed by atoms with Crippen molar-refractivity contribution in [3.63, 3.8) is 0 Å². The van der Waals surface area contributed by atoms with Gasteiger partial charge in [-0.25, -0.2) is 0 Å². The highest BCUT2D eigenvalue weighted by Crippen LogP contribution is 2.75. The van der Waals surface area contributed by atoms with Crippen molar-refractivity contribution in [1.82, 2.24) is 0 Å². The van der Waals surface area contributed by atoms with E-state index >= 15 is 0 Å². The average Bonchev–Trinajstić information content (AvgIpc) is 2.62. The Labute approximate surface area is 92.6 Å². The molecular weight excluding hydrogens is 235 g/mol. The molecule has 0 unspecified atom stereocenters. The van der Waals surface area contributed by atoms with Crippen LogP contribution >= 0.6 is 39.7 Å². The minimum atomic E-state index is 0.119. The lowest BCUT2D eigenvalue weighted by molar-refractivity contribution is 1.38. The molecule has 2 rings (SSSR count). The van der Waals surface area contributed by atoms with Crippen LogP contribution in [0.3, 0.4) is 0 Å². The van der Waals surface area contributed by atoms with Gasteiger partial charge in [-0.15, -0.1) is 22.8 Å². The number of hydrogen-bond acceptors (Lipinski definition) is 3. The van der Waals surface area contributed by atoms with Gasteiger partial charge in [0.15, 0.2) is 0 Å². The lowest BCUT2D eigenvalue weighted by Gasteiger charge is -2.06. The summed E-state index contributed by atoms with van der Waals surface area (Å²) in [5, 5.41) is 0. The van der Waals surface area contributed by atoms with E-state index in [-0.39, 0.29) is 5.53 Å². The maximum absolute atomic E-state index is 2.24. The molecule has 0 aromatic heterocycles. The van der Waals surface area contributed by atoms with Crippen molar-refractivity contribution < 1.29 is 0 Å². The predicted molar refractivity (Wildman–Crippen MR) is 68.9 cm³/mol. The fourth-order valence-corrected chi connectivity index (χ4v) is 12.0. The molecule has 0 bridgehead atoms. The minimum Gasteiger partial charge on any atom is -0.111 e. The van der Waals surface area contributed by atoms with Crippen molar-refractivity contribution in [1.29, 1.82) is 0 Å². The molecule has 0 radical (unpaired) electrons. The summed E-state index contributed by atoms with van der Waals surface area (Å²) in [4.78, 5) is 1.43. The third-order valence-electron chi connectivity index (χ3n) is 1.68. The van der Waals surface area contributed by atoms with Gasteiger partial charge in [-0.05, 0) is 19.1 Å². The maximum atomic E-state index is 2.24. The van der Waals surface area contributed by atoms with Gasteiger partial charge < -0.3 is 0 Å². The lowest BCUT2D eigenvalue weighted by Crippen LogP contribution is -1.70. The van der Waals surface area contributed by atoms with E-state index in [1.807, 2.05) is 0 Å². The Hall–Kier alpha value is 0.700. The molecule has 0 amide bonds. The van der Waals surface area contributed by atoms with Gasteiger partial charge in [0.2, 0.25) is 0 Å². The van der Waals surface area contributed by atoms with Crippen LogP contribution in [0.5, 0.6) is 0 Å². The third-order valence-corrected chi connectivity index (χ3v) is 12.3. The van der Waals surface area contributed by atoms with Gasteiger partial charge in [0.1, 0.15) is 0 Å². The molecule has 1 aromatic rings. The number of benzene rings is 1. The Morgan fingerprint density at radius 3 is 2.38 bits per heavy atom. The topological polar surface area (TPSA) is 0 Å². The molecule has 0 N–H and O–H groups in total. The number of aryl methyl sites for hydroxylation is 1. The van der Waals surface area contributed by atoms with Crippen LogP contribution in [-0.2, 0) is 0 Å². The molecule has 4 heteroatoms. The summed E-state index contributed by atoms with van der Waals surface area (Å²) >= 11 is 6.31. The molecule has 13 heavy (non-hydrogen) atoms. The first kappa shape index (κ1) is 10.2. The Morgan fingerprint density at radius 2 is 1.77 bits per heavy atom. The number of rotatable bonds is 2. The van der Waals surface area contributed by atoms with Crippen LogP contribution < -0.4 is 0 Å². The average molecular weight is 246 g/mol. The van der Waals surface area contributed by atoms with Crippen LogP contribution in [0.4, 0.5) is 0 Å². The van der Waals surface area contributed by atoms with Gasteiger partial charge in [0.05, 0.1) is 5.53 Å². The summed E-state index contributed by atoms with van der Waals surface area (Å²) in [5.74, 6) is 2.68. The number of hydrogen-bond donors (Lipinski definition) is 0. The van der Waals surface area contributed by atoms with E-state index in [1.165, 1.54) is 22.0 Å². The van der Waals surface area contributed by atoms with E-state index in [4.69, 9.17) is 0 Å². The van der Waals surface area contributed by atoms with Gasteiger partial charge in [-0.2, -0.15) is 0 Å². The highest BCUT2D eigenvalue weighted by atomic mass is 33.4. The minimum absolute atomic E-state index is 0.119. The highest BCUT2D eigenvalue weighted by Gasteiger charge is 2.17. The standard InChI is InChI=1S/C9H11PS3/c1-8-2-4-9(5-3-8)13-10-11-6-7-12-10/h2-5H,6-7H2,1H3.